The van der Waals surface area contributed by atoms with Crippen molar-refractivity contribution in [3.63, 3.8) is 0 Å². The number of carbonyl (C=O) groups excluding carboxylic acids is 1. The average Bonchev–Trinajstić information content (AvgIpc) is 3.32. The molecule has 0 unspecified atom stereocenters. The van der Waals surface area contributed by atoms with Crippen molar-refractivity contribution in [2.75, 3.05) is 5.32 Å². The SMILES string of the molecule is CC(C)Nc1c(C(=O)N[C@H]2CC[C@H](N)CC2)cnc2sc(-c3cncs3)cc12. The Balaban J connectivity index is 1.67. The van der Waals surface area contributed by atoms with E-state index in [1.807, 2.05) is 11.7 Å². The molecule has 4 rings (SSSR count). The van der Waals surface area contributed by atoms with Crippen molar-refractivity contribution < 1.29 is 4.79 Å². The van der Waals surface area contributed by atoms with Gasteiger partial charge in [0.15, 0.2) is 0 Å². The van der Waals surface area contributed by atoms with Crippen molar-refractivity contribution in [1.82, 2.24) is 15.3 Å². The number of nitrogens with two attached hydrogens (primary N) is 1. The molecule has 1 aliphatic carbocycles. The Morgan fingerprint density at radius 1 is 1.21 bits per heavy atom. The number of nitrogens with zero attached hydrogens (tertiary/aromatic N) is 2. The minimum Gasteiger partial charge on any atom is -0.382 e. The number of pyridine rings is 1. The van der Waals surface area contributed by atoms with Crippen LogP contribution >= 0.6 is 22.7 Å². The van der Waals surface area contributed by atoms with Gasteiger partial charge in [-0.05, 0) is 45.6 Å². The quantitative estimate of drug-likeness (QED) is 0.580. The summed E-state index contributed by atoms with van der Waals surface area (Å²) in [5.41, 5.74) is 9.28. The summed E-state index contributed by atoms with van der Waals surface area (Å²) < 4.78 is 0. The maximum Gasteiger partial charge on any atom is 0.255 e. The average molecular weight is 416 g/mol. The fourth-order valence-electron chi connectivity index (χ4n) is 3.59. The van der Waals surface area contributed by atoms with E-state index >= 15 is 0 Å². The molecule has 0 bridgehead atoms. The summed E-state index contributed by atoms with van der Waals surface area (Å²) in [5.74, 6) is -0.0661. The number of aromatic nitrogens is 2. The minimum absolute atomic E-state index is 0.0661. The summed E-state index contributed by atoms with van der Waals surface area (Å²) in [5, 5.41) is 7.65. The molecule has 0 aromatic carbocycles. The van der Waals surface area contributed by atoms with Gasteiger partial charge < -0.3 is 16.4 Å². The summed E-state index contributed by atoms with van der Waals surface area (Å²) in [6.07, 6.45) is 7.35. The van der Waals surface area contributed by atoms with Gasteiger partial charge in [-0.15, -0.1) is 22.7 Å². The van der Waals surface area contributed by atoms with E-state index in [-0.39, 0.29) is 24.0 Å². The second-order valence-electron chi connectivity index (χ2n) is 7.63. The number of nitrogens with one attached hydrogen (secondary N) is 2. The highest BCUT2D eigenvalue weighted by atomic mass is 32.1. The van der Waals surface area contributed by atoms with E-state index < -0.39 is 0 Å². The van der Waals surface area contributed by atoms with Crippen LogP contribution in [0.15, 0.2) is 24.0 Å². The van der Waals surface area contributed by atoms with Crippen molar-refractivity contribution in [2.24, 2.45) is 5.73 Å². The molecule has 8 heteroatoms. The molecular formula is C20H25N5OS2. The second kappa shape index (κ2) is 8.14. The molecule has 1 aliphatic rings. The Morgan fingerprint density at radius 2 is 2.00 bits per heavy atom. The summed E-state index contributed by atoms with van der Waals surface area (Å²) in [4.78, 5) is 25.0. The Labute approximate surface area is 172 Å². The smallest absolute Gasteiger partial charge is 0.255 e. The summed E-state index contributed by atoms with van der Waals surface area (Å²) >= 11 is 3.23. The molecule has 1 amide bonds. The molecule has 6 nitrogen and oxygen atoms in total. The van der Waals surface area contributed by atoms with Gasteiger partial charge >= 0.3 is 0 Å². The minimum atomic E-state index is -0.0661. The standard InChI is InChI=1S/C20H25N5OS2/c1-11(2)24-18-14-7-16(17-9-22-10-27-17)28-20(14)23-8-15(18)19(26)25-13-5-3-12(21)4-6-13/h7-13H,3-6,21H2,1-2H3,(H,23,24)(H,25,26)/t12-,13-. The molecular weight excluding hydrogens is 390 g/mol. The van der Waals surface area contributed by atoms with Crippen LogP contribution in [0, 0.1) is 0 Å². The van der Waals surface area contributed by atoms with Gasteiger partial charge in [-0.25, -0.2) is 4.98 Å². The van der Waals surface area contributed by atoms with Gasteiger partial charge in [0, 0.05) is 40.8 Å². The van der Waals surface area contributed by atoms with E-state index in [0.29, 0.717) is 5.56 Å². The monoisotopic (exact) mass is 415 g/mol. The van der Waals surface area contributed by atoms with Crippen LogP contribution in [0.4, 0.5) is 5.69 Å². The van der Waals surface area contributed by atoms with Gasteiger partial charge in [-0.3, -0.25) is 9.78 Å². The van der Waals surface area contributed by atoms with Crippen LogP contribution in [0.5, 0.6) is 0 Å². The number of thiazole rings is 1. The Kier molecular flexibility index (Phi) is 5.61. The molecule has 3 heterocycles. The largest absolute Gasteiger partial charge is 0.382 e. The molecule has 3 aromatic rings. The molecule has 0 saturated heterocycles. The van der Waals surface area contributed by atoms with Gasteiger partial charge in [-0.1, -0.05) is 0 Å². The second-order valence-corrected chi connectivity index (χ2v) is 9.54. The Bertz CT molecular complexity index is 959. The lowest BCUT2D eigenvalue weighted by Gasteiger charge is -2.27. The van der Waals surface area contributed by atoms with Crippen LogP contribution in [0.3, 0.4) is 0 Å². The lowest BCUT2D eigenvalue weighted by atomic mass is 9.91. The first-order valence-electron chi connectivity index (χ1n) is 9.65. The van der Waals surface area contributed by atoms with E-state index in [2.05, 4.69) is 40.5 Å². The highest BCUT2D eigenvalue weighted by Crippen LogP contribution is 2.38. The van der Waals surface area contributed by atoms with Crippen molar-refractivity contribution in [2.45, 2.75) is 57.7 Å². The number of hydrogen-bond acceptors (Lipinski definition) is 7. The van der Waals surface area contributed by atoms with Crippen molar-refractivity contribution >= 4 is 44.5 Å². The Morgan fingerprint density at radius 3 is 2.68 bits per heavy atom. The molecule has 1 fully saturated rings. The van der Waals surface area contributed by atoms with Crippen LogP contribution < -0.4 is 16.4 Å². The summed E-state index contributed by atoms with van der Waals surface area (Å²) in [6.45, 7) is 4.15. The van der Waals surface area contributed by atoms with E-state index in [9.17, 15) is 4.79 Å². The number of carbonyl (C=O) groups is 1. The third kappa shape index (κ3) is 4.04. The first-order valence-corrected chi connectivity index (χ1v) is 11.3. The van der Waals surface area contributed by atoms with Gasteiger partial charge in [0.25, 0.3) is 5.91 Å². The molecule has 0 spiro atoms. The number of fused-ring (bicyclic) bond motifs is 1. The zero-order valence-electron chi connectivity index (χ0n) is 16.1. The molecule has 148 valence electrons. The highest BCUT2D eigenvalue weighted by molar-refractivity contribution is 7.25. The molecule has 28 heavy (non-hydrogen) atoms. The van der Waals surface area contributed by atoms with Gasteiger partial charge in [-0.2, -0.15) is 0 Å². The fourth-order valence-corrected chi connectivity index (χ4v) is 5.31. The number of hydrogen-bond donors (Lipinski definition) is 3. The van der Waals surface area contributed by atoms with E-state index in [4.69, 9.17) is 5.73 Å². The Hall–Kier alpha value is -2.03. The lowest BCUT2D eigenvalue weighted by Crippen LogP contribution is -2.40. The van der Waals surface area contributed by atoms with Crippen LogP contribution in [0.25, 0.3) is 20.0 Å². The normalized spacial score (nSPS) is 19.9. The van der Waals surface area contributed by atoms with Gasteiger partial charge in [0.1, 0.15) is 4.83 Å². The van der Waals surface area contributed by atoms with Crippen molar-refractivity contribution in [3.8, 4) is 9.75 Å². The van der Waals surface area contributed by atoms with Gasteiger partial charge in [0.05, 0.1) is 21.6 Å². The van der Waals surface area contributed by atoms with Crippen LogP contribution in [0.2, 0.25) is 0 Å². The highest BCUT2D eigenvalue weighted by Gasteiger charge is 2.24. The van der Waals surface area contributed by atoms with E-state index in [0.717, 1.165) is 51.3 Å². The predicted octanol–water partition coefficient (Wildman–Crippen LogP) is 4.24. The molecule has 4 N–H and O–H groups in total. The zero-order valence-corrected chi connectivity index (χ0v) is 17.7. The van der Waals surface area contributed by atoms with Crippen LogP contribution in [0.1, 0.15) is 49.9 Å². The van der Waals surface area contributed by atoms with E-state index in [1.54, 1.807) is 28.9 Å². The van der Waals surface area contributed by atoms with Gasteiger partial charge in [0.2, 0.25) is 0 Å². The first-order chi connectivity index (χ1) is 13.5. The third-order valence-electron chi connectivity index (χ3n) is 5.02. The molecule has 0 aliphatic heterocycles. The summed E-state index contributed by atoms with van der Waals surface area (Å²) in [6, 6.07) is 2.77. The maximum atomic E-state index is 13.0. The molecule has 0 radical (unpaired) electrons. The van der Waals surface area contributed by atoms with Crippen LogP contribution in [-0.2, 0) is 0 Å². The van der Waals surface area contributed by atoms with Crippen molar-refractivity contribution in [1.29, 1.82) is 0 Å². The topological polar surface area (TPSA) is 92.9 Å². The van der Waals surface area contributed by atoms with Crippen molar-refractivity contribution in [3.05, 3.63) is 29.5 Å². The number of thiophene rings is 1. The van der Waals surface area contributed by atoms with Crippen LogP contribution in [-0.4, -0.2) is 34.0 Å². The molecule has 3 aromatic heterocycles. The number of anilines is 1. The molecule has 0 atom stereocenters. The number of rotatable bonds is 5. The first kappa shape index (κ1) is 19.3. The lowest BCUT2D eigenvalue weighted by molar-refractivity contribution is 0.0926. The molecule has 1 saturated carbocycles. The third-order valence-corrected chi connectivity index (χ3v) is 7.03. The summed E-state index contributed by atoms with van der Waals surface area (Å²) in [7, 11) is 0. The zero-order chi connectivity index (χ0) is 19.7. The fraction of sp³-hybridized carbons (Fsp3) is 0.450. The van der Waals surface area contributed by atoms with E-state index in [1.165, 1.54) is 0 Å². The predicted molar refractivity (Wildman–Crippen MR) is 117 cm³/mol. The maximum absolute atomic E-state index is 13.0. The number of amides is 1.